The highest BCUT2D eigenvalue weighted by Crippen LogP contribution is 2.65. The summed E-state index contributed by atoms with van der Waals surface area (Å²) in [7, 11) is 0. The number of nitrogens with zero attached hydrogens (tertiary/aromatic N) is 1. The van der Waals surface area contributed by atoms with Crippen LogP contribution in [0, 0.1) is 11.3 Å². The van der Waals surface area contributed by atoms with Gasteiger partial charge in [0.1, 0.15) is 0 Å². The maximum Gasteiger partial charge on any atom is 0.307 e. The number of thioether (sulfide) groups is 1. The second-order valence-corrected chi connectivity index (χ2v) is 8.24. The van der Waals surface area contributed by atoms with E-state index in [9.17, 15) is 9.90 Å². The summed E-state index contributed by atoms with van der Waals surface area (Å²) in [5, 5.41) is 10.2. The van der Waals surface area contributed by atoms with Gasteiger partial charge >= 0.3 is 5.97 Å². The second-order valence-electron chi connectivity index (χ2n) is 5.91. The zero-order valence-corrected chi connectivity index (χ0v) is 13.6. The van der Waals surface area contributed by atoms with Gasteiger partial charge in [0.25, 0.3) is 0 Å². The molecule has 3 rings (SSSR count). The van der Waals surface area contributed by atoms with Crippen LogP contribution in [0.3, 0.4) is 0 Å². The molecule has 1 aromatic heterocycles. The number of thiazole rings is 1. The smallest absolute Gasteiger partial charge is 0.307 e. The molecule has 21 heavy (non-hydrogen) atoms. The average Bonchev–Trinajstić information content (AvgIpc) is 2.83. The molecule has 0 amide bonds. The monoisotopic (exact) mass is 319 g/mol. The lowest BCUT2D eigenvalue weighted by atomic mass is 10.1. The third-order valence-corrected chi connectivity index (χ3v) is 6.43. The van der Waals surface area contributed by atoms with Crippen LogP contribution in [-0.2, 0) is 10.5 Å². The molecular formula is C16H17NO2S2. The van der Waals surface area contributed by atoms with Crippen LogP contribution in [0.1, 0.15) is 30.3 Å². The lowest BCUT2D eigenvalue weighted by Gasteiger charge is -1.98. The highest BCUT2D eigenvalue weighted by molar-refractivity contribution is 8.00. The minimum atomic E-state index is -0.710. The number of aromatic nitrogens is 1. The van der Waals surface area contributed by atoms with E-state index in [4.69, 9.17) is 0 Å². The van der Waals surface area contributed by atoms with Crippen molar-refractivity contribution in [3.8, 4) is 0 Å². The number of carboxylic acids is 1. The molecular weight excluding hydrogens is 302 g/mol. The number of aliphatic carboxylic acids is 1. The molecule has 0 spiro atoms. The molecule has 0 aliphatic heterocycles. The lowest BCUT2D eigenvalue weighted by molar-refractivity contribution is -0.139. The van der Waals surface area contributed by atoms with Gasteiger partial charge in [0, 0.05) is 11.7 Å². The first-order chi connectivity index (χ1) is 10.00. The molecule has 2 unspecified atom stereocenters. The molecule has 0 radical (unpaired) electrons. The third-order valence-electron chi connectivity index (χ3n) is 4.09. The van der Waals surface area contributed by atoms with Gasteiger partial charge < -0.3 is 5.11 Å². The Balaban J connectivity index is 1.66. The maximum atomic E-state index is 11.3. The number of carbonyl (C=O) groups is 1. The molecule has 1 aromatic carbocycles. The summed E-state index contributed by atoms with van der Waals surface area (Å²) in [6.45, 7) is 4.02. The van der Waals surface area contributed by atoms with E-state index in [1.165, 1.54) is 5.56 Å². The first kappa shape index (κ1) is 14.6. The van der Waals surface area contributed by atoms with Crippen molar-refractivity contribution in [3.63, 3.8) is 0 Å². The number of carboxylic acid groups (broad SMARTS) is 1. The van der Waals surface area contributed by atoms with Crippen molar-refractivity contribution in [1.82, 2.24) is 4.98 Å². The second kappa shape index (κ2) is 5.46. The van der Waals surface area contributed by atoms with Gasteiger partial charge in [-0.3, -0.25) is 4.79 Å². The first-order valence-corrected chi connectivity index (χ1v) is 8.65. The maximum absolute atomic E-state index is 11.3. The predicted molar refractivity (Wildman–Crippen MR) is 85.8 cm³/mol. The number of hydrogen-bond donors (Lipinski definition) is 1. The highest BCUT2D eigenvalue weighted by Gasteiger charge is 2.64. The Labute approximate surface area is 132 Å². The molecule has 110 valence electrons. The summed E-state index contributed by atoms with van der Waals surface area (Å²) in [5.41, 5.74) is 1.11. The highest BCUT2D eigenvalue weighted by atomic mass is 32.2. The summed E-state index contributed by atoms with van der Waals surface area (Å²) in [6.07, 6.45) is 1.88. The molecule has 0 bridgehead atoms. The van der Waals surface area contributed by atoms with Crippen molar-refractivity contribution in [2.24, 2.45) is 11.3 Å². The fourth-order valence-corrected chi connectivity index (χ4v) is 5.05. The van der Waals surface area contributed by atoms with E-state index in [2.05, 4.69) is 17.1 Å². The number of hydrogen-bond acceptors (Lipinski definition) is 4. The Morgan fingerprint density at radius 3 is 2.71 bits per heavy atom. The molecule has 3 nitrogen and oxygen atoms in total. The Morgan fingerprint density at radius 1 is 1.38 bits per heavy atom. The Bertz CT molecular complexity index is 651. The Morgan fingerprint density at radius 2 is 2.10 bits per heavy atom. The van der Waals surface area contributed by atoms with Gasteiger partial charge in [-0.15, -0.1) is 23.1 Å². The summed E-state index contributed by atoms with van der Waals surface area (Å²) in [6, 6.07) is 10.3. The van der Waals surface area contributed by atoms with Crippen LogP contribution >= 0.6 is 23.1 Å². The largest absolute Gasteiger partial charge is 0.481 e. The standard InChI is InChI=1S/C16H17NO2S2/c1-16(2)12(13(16)15(18)19)14-17-8-11(21-14)20-9-10-6-4-3-5-7-10/h3-8,12-13H,9H2,1-2H3,(H,18,19). The molecule has 2 atom stereocenters. The lowest BCUT2D eigenvalue weighted by Crippen LogP contribution is -2.03. The van der Waals surface area contributed by atoms with Crippen LogP contribution in [0.25, 0.3) is 0 Å². The van der Waals surface area contributed by atoms with Crippen LogP contribution in [0.2, 0.25) is 0 Å². The van der Waals surface area contributed by atoms with E-state index in [1.54, 1.807) is 23.1 Å². The molecule has 1 heterocycles. The van der Waals surface area contributed by atoms with Crippen LogP contribution in [0.5, 0.6) is 0 Å². The fraction of sp³-hybridized carbons (Fsp3) is 0.375. The van der Waals surface area contributed by atoms with Crippen molar-refractivity contribution < 1.29 is 9.90 Å². The molecule has 1 fully saturated rings. The van der Waals surface area contributed by atoms with E-state index in [-0.39, 0.29) is 17.3 Å². The quantitative estimate of drug-likeness (QED) is 0.837. The van der Waals surface area contributed by atoms with Crippen molar-refractivity contribution in [2.45, 2.75) is 29.7 Å². The van der Waals surface area contributed by atoms with E-state index < -0.39 is 5.97 Å². The zero-order chi connectivity index (χ0) is 15.0. The van der Waals surface area contributed by atoms with E-state index in [0.29, 0.717) is 0 Å². The summed E-state index contributed by atoms with van der Waals surface area (Å²) >= 11 is 3.39. The summed E-state index contributed by atoms with van der Waals surface area (Å²) < 4.78 is 1.15. The van der Waals surface area contributed by atoms with Crippen LogP contribution in [0.15, 0.2) is 40.7 Å². The molecule has 1 saturated carbocycles. The van der Waals surface area contributed by atoms with Crippen LogP contribution in [-0.4, -0.2) is 16.1 Å². The van der Waals surface area contributed by atoms with Crippen molar-refractivity contribution in [1.29, 1.82) is 0 Å². The minimum Gasteiger partial charge on any atom is -0.481 e. The van der Waals surface area contributed by atoms with E-state index in [0.717, 1.165) is 15.0 Å². The molecule has 1 aliphatic carbocycles. The van der Waals surface area contributed by atoms with Crippen LogP contribution < -0.4 is 0 Å². The third kappa shape index (κ3) is 2.85. The Hall–Kier alpha value is -1.33. The number of benzene rings is 1. The average molecular weight is 319 g/mol. The van der Waals surface area contributed by atoms with Gasteiger partial charge in [-0.05, 0) is 11.0 Å². The summed E-state index contributed by atoms with van der Waals surface area (Å²) in [4.78, 5) is 15.7. The van der Waals surface area contributed by atoms with E-state index >= 15 is 0 Å². The van der Waals surface area contributed by atoms with E-state index in [1.807, 2.05) is 38.2 Å². The fourth-order valence-electron chi connectivity index (χ4n) is 2.77. The SMILES string of the molecule is CC1(C)C(C(=O)O)C1c1ncc(SCc2ccccc2)s1. The van der Waals surface area contributed by atoms with Gasteiger partial charge in [-0.1, -0.05) is 44.2 Å². The predicted octanol–water partition coefficient (Wildman–Crippen LogP) is 4.26. The van der Waals surface area contributed by atoms with Gasteiger partial charge in [-0.2, -0.15) is 0 Å². The normalized spacial score (nSPS) is 23.0. The van der Waals surface area contributed by atoms with Gasteiger partial charge in [0.2, 0.25) is 0 Å². The van der Waals surface area contributed by atoms with Crippen molar-refractivity contribution >= 4 is 29.1 Å². The molecule has 1 N–H and O–H groups in total. The number of rotatable bonds is 5. The molecule has 0 saturated heterocycles. The first-order valence-electron chi connectivity index (χ1n) is 6.85. The van der Waals surface area contributed by atoms with Crippen molar-refractivity contribution in [3.05, 3.63) is 47.1 Å². The molecule has 2 aromatic rings. The topological polar surface area (TPSA) is 50.2 Å². The van der Waals surface area contributed by atoms with Gasteiger partial charge in [0.05, 0.1) is 21.3 Å². The Kier molecular flexibility index (Phi) is 3.80. The van der Waals surface area contributed by atoms with Crippen molar-refractivity contribution in [2.75, 3.05) is 0 Å². The molecule has 1 aliphatic rings. The molecule has 5 heteroatoms. The van der Waals surface area contributed by atoms with Gasteiger partial charge in [-0.25, -0.2) is 4.98 Å². The van der Waals surface area contributed by atoms with Gasteiger partial charge in [0.15, 0.2) is 0 Å². The van der Waals surface area contributed by atoms with Crippen LogP contribution in [0.4, 0.5) is 0 Å². The summed E-state index contributed by atoms with van der Waals surface area (Å²) in [5.74, 6) is -0.0285. The minimum absolute atomic E-state index is 0.0612. The zero-order valence-electron chi connectivity index (χ0n) is 11.9.